The van der Waals surface area contributed by atoms with Gasteiger partial charge in [-0.2, -0.15) is 0 Å². The molecule has 1 atom stereocenters. The van der Waals surface area contributed by atoms with Crippen molar-refractivity contribution in [2.45, 2.75) is 13.0 Å². The summed E-state index contributed by atoms with van der Waals surface area (Å²) in [5.74, 6) is 0.0189. The van der Waals surface area contributed by atoms with Gasteiger partial charge in [-0.1, -0.05) is 6.07 Å². The summed E-state index contributed by atoms with van der Waals surface area (Å²) >= 11 is 0. The Morgan fingerprint density at radius 2 is 2.03 bits per heavy atom. The number of hydrogen-bond donors (Lipinski definition) is 0. The summed E-state index contributed by atoms with van der Waals surface area (Å²) in [6, 6.07) is 9.68. The molecule has 1 unspecified atom stereocenters. The Kier molecular flexibility index (Phi) is 5.99. The lowest BCUT2D eigenvalue weighted by atomic mass is 10.0. The van der Waals surface area contributed by atoms with E-state index in [9.17, 15) is 9.18 Å². The number of anilines is 2. The molecule has 0 aliphatic carbocycles. The van der Waals surface area contributed by atoms with Crippen LogP contribution in [0.25, 0.3) is 11.0 Å². The maximum Gasteiger partial charge on any atom is 0.337 e. The molecule has 162 valence electrons. The first kappa shape index (κ1) is 21.0. The van der Waals surface area contributed by atoms with Gasteiger partial charge in [-0.15, -0.1) is 0 Å². The van der Waals surface area contributed by atoms with Crippen LogP contribution in [0.2, 0.25) is 0 Å². The molecule has 0 radical (unpaired) electrons. The minimum absolute atomic E-state index is 0.205. The van der Waals surface area contributed by atoms with Crippen LogP contribution in [0.5, 0.6) is 0 Å². The number of hydrogen-bond acceptors (Lipinski definition) is 7. The number of rotatable bonds is 5. The number of methoxy groups -OCH3 is 1. The molecule has 1 fully saturated rings. The highest BCUT2D eigenvalue weighted by Crippen LogP contribution is 2.32. The van der Waals surface area contributed by atoms with Crippen molar-refractivity contribution in [3.05, 3.63) is 59.5 Å². The van der Waals surface area contributed by atoms with Crippen molar-refractivity contribution in [1.29, 1.82) is 0 Å². The zero-order chi connectivity index (χ0) is 22.0. The number of benzene rings is 2. The lowest BCUT2D eigenvalue weighted by Gasteiger charge is -2.30. The van der Waals surface area contributed by atoms with Gasteiger partial charge in [0.1, 0.15) is 11.6 Å². The molecule has 4 rings (SSSR count). The molecule has 0 spiro atoms. The van der Waals surface area contributed by atoms with Gasteiger partial charge in [0.05, 0.1) is 49.2 Å². The van der Waals surface area contributed by atoms with Crippen LogP contribution in [0.3, 0.4) is 0 Å². The Labute approximate surface area is 180 Å². The molecule has 31 heavy (non-hydrogen) atoms. The van der Waals surface area contributed by atoms with Crippen LogP contribution < -0.4 is 9.80 Å². The lowest BCUT2D eigenvalue weighted by molar-refractivity contribution is 0.0600. The van der Waals surface area contributed by atoms with E-state index in [4.69, 9.17) is 14.5 Å². The van der Waals surface area contributed by atoms with Gasteiger partial charge < -0.3 is 19.3 Å². The van der Waals surface area contributed by atoms with Crippen molar-refractivity contribution in [2.75, 3.05) is 50.3 Å². The second-order valence-electron chi connectivity index (χ2n) is 7.52. The molecule has 0 saturated carbocycles. The molecule has 8 heteroatoms. The highest BCUT2D eigenvalue weighted by Gasteiger charge is 2.22. The van der Waals surface area contributed by atoms with E-state index < -0.39 is 5.97 Å². The Hall–Kier alpha value is -3.26. The van der Waals surface area contributed by atoms with Crippen LogP contribution in [-0.4, -0.2) is 56.4 Å². The largest absolute Gasteiger partial charge is 0.465 e. The maximum atomic E-state index is 13.8. The third-order valence-corrected chi connectivity index (χ3v) is 5.67. The average molecular weight is 424 g/mol. The van der Waals surface area contributed by atoms with E-state index in [1.807, 2.05) is 24.9 Å². The van der Waals surface area contributed by atoms with Gasteiger partial charge in [-0.05, 0) is 37.3 Å². The second kappa shape index (κ2) is 8.85. The average Bonchev–Trinajstić information content (AvgIpc) is 2.82. The normalized spacial score (nSPS) is 15.0. The van der Waals surface area contributed by atoms with Crippen LogP contribution in [0, 0.1) is 5.82 Å². The fourth-order valence-corrected chi connectivity index (χ4v) is 3.76. The molecule has 1 aliphatic heterocycles. The number of fused-ring (bicyclic) bond motifs is 1. The third kappa shape index (κ3) is 4.29. The topological polar surface area (TPSA) is 67.8 Å². The zero-order valence-corrected chi connectivity index (χ0v) is 17.8. The monoisotopic (exact) mass is 424 g/mol. The van der Waals surface area contributed by atoms with Crippen molar-refractivity contribution in [2.24, 2.45) is 0 Å². The summed E-state index contributed by atoms with van der Waals surface area (Å²) in [6.45, 7) is 4.77. The summed E-state index contributed by atoms with van der Waals surface area (Å²) < 4.78 is 24.2. The first-order valence-corrected chi connectivity index (χ1v) is 10.2. The maximum absolute atomic E-state index is 13.8. The summed E-state index contributed by atoms with van der Waals surface area (Å²) in [7, 11) is 3.23. The minimum Gasteiger partial charge on any atom is -0.465 e. The number of halogens is 1. The second-order valence-corrected chi connectivity index (χ2v) is 7.52. The molecule has 7 nitrogen and oxygen atoms in total. The molecule has 3 aromatic rings. The SMILES string of the molecule is COC(=O)c1cc(C(C)N(C)c2cccc(F)c2)c2nc(N3CCOCC3)cnc2c1. The Bertz CT molecular complexity index is 1100. The Balaban J connectivity index is 1.81. The zero-order valence-electron chi connectivity index (χ0n) is 17.8. The van der Waals surface area contributed by atoms with E-state index >= 15 is 0 Å². The lowest BCUT2D eigenvalue weighted by Crippen LogP contribution is -2.36. The van der Waals surface area contributed by atoms with Crippen LogP contribution in [0.1, 0.15) is 28.9 Å². The van der Waals surface area contributed by atoms with Crippen molar-refractivity contribution in [1.82, 2.24) is 9.97 Å². The molecular weight excluding hydrogens is 399 g/mol. The van der Waals surface area contributed by atoms with Gasteiger partial charge in [0.2, 0.25) is 0 Å². The van der Waals surface area contributed by atoms with Gasteiger partial charge in [0.25, 0.3) is 0 Å². The van der Waals surface area contributed by atoms with Crippen molar-refractivity contribution in [3.8, 4) is 0 Å². The van der Waals surface area contributed by atoms with Gasteiger partial charge in [0.15, 0.2) is 0 Å². The fraction of sp³-hybridized carbons (Fsp3) is 0.348. The number of morpholine rings is 1. The Morgan fingerprint density at radius 1 is 1.26 bits per heavy atom. The van der Waals surface area contributed by atoms with Gasteiger partial charge in [0, 0.05) is 31.4 Å². The van der Waals surface area contributed by atoms with Crippen molar-refractivity contribution < 1.29 is 18.7 Å². The number of nitrogens with zero attached hydrogens (tertiary/aromatic N) is 4. The molecule has 2 aromatic carbocycles. The highest BCUT2D eigenvalue weighted by molar-refractivity contribution is 5.95. The molecule has 0 amide bonds. The van der Waals surface area contributed by atoms with Gasteiger partial charge >= 0.3 is 5.97 Å². The van der Waals surface area contributed by atoms with E-state index in [2.05, 4.69) is 9.88 Å². The van der Waals surface area contributed by atoms with Crippen LogP contribution in [-0.2, 0) is 9.47 Å². The molecule has 1 aromatic heterocycles. The summed E-state index contributed by atoms with van der Waals surface area (Å²) in [6.07, 6.45) is 1.72. The van der Waals surface area contributed by atoms with Crippen LogP contribution >= 0.6 is 0 Å². The van der Waals surface area contributed by atoms with Crippen LogP contribution in [0.4, 0.5) is 15.9 Å². The number of esters is 1. The quantitative estimate of drug-likeness (QED) is 0.580. The smallest absolute Gasteiger partial charge is 0.337 e. The molecule has 0 N–H and O–H groups in total. The molecule has 1 aliphatic rings. The van der Waals surface area contributed by atoms with E-state index in [1.54, 1.807) is 24.4 Å². The summed E-state index contributed by atoms with van der Waals surface area (Å²) in [4.78, 5) is 25.8. The Morgan fingerprint density at radius 3 is 2.74 bits per heavy atom. The first-order valence-electron chi connectivity index (χ1n) is 10.2. The first-order chi connectivity index (χ1) is 15.0. The molecule has 1 saturated heterocycles. The highest BCUT2D eigenvalue weighted by atomic mass is 19.1. The van der Waals surface area contributed by atoms with E-state index in [1.165, 1.54) is 19.2 Å². The number of carbonyl (C=O) groups excluding carboxylic acids is 1. The summed E-state index contributed by atoms with van der Waals surface area (Å²) in [5, 5.41) is 0. The fourth-order valence-electron chi connectivity index (χ4n) is 3.76. The third-order valence-electron chi connectivity index (χ3n) is 5.67. The molecule has 0 bridgehead atoms. The van der Waals surface area contributed by atoms with Crippen molar-refractivity contribution in [3.63, 3.8) is 0 Å². The number of aromatic nitrogens is 2. The van der Waals surface area contributed by atoms with E-state index in [0.29, 0.717) is 29.8 Å². The standard InChI is InChI=1S/C23H25FN4O3/c1-15(27(2)18-6-4-5-17(24)13-18)19-11-16(23(29)30-3)12-20-22(19)26-21(14-25-20)28-7-9-31-10-8-28/h4-6,11-15H,7-10H2,1-3H3. The van der Waals surface area contributed by atoms with Gasteiger partial charge in [-0.3, -0.25) is 4.98 Å². The van der Waals surface area contributed by atoms with E-state index in [0.717, 1.165) is 30.2 Å². The predicted molar refractivity (Wildman–Crippen MR) is 117 cm³/mol. The summed E-state index contributed by atoms with van der Waals surface area (Å²) in [5.41, 5.74) is 3.24. The molecular formula is C23H25FN4O3. The van der Waals surface area contributed by atoms with Crippen LogP contribution in [0.15, 0.2) is 42.6 Å². The minimum atomic E-state index is -0.442. The number of ether oxygens (including phenoxy) is 2. The van der Waals surface area contributed by atoms with Crippen molar-refractivity contribution >= 4 is 28.5 Å². The van der Waals surface area contributed by atoms with E-state index in [-0.39, 0.29) is 11.9 Å². The molecule has 2 heterocycles. The predicted octanol–water partition coefficient (Wildman–Crippen LogP) is 3.59. The van der Waals surface area contributed by atoms with Gasteiger partial charge in [-0.25, -0.2) is 14.2 Å². The number of carbonyl (C=O) groups is 1.